The largest absolute Gasteiger partial charge is 0.452 e. The number of carbonyl (C=O) groups excluding carboxylic acids is 3. The van der Waals surface area contributed by atoms with Gasteiger partial charge in [0, 0.05) is 28.3 Å². The van der Waals surface area contributed by atoms with E-state index in [1.807, 2.05) is 60.7 Å². The first-order valence-electron chi connectivity index (χ1n) is 12.8. The average Bonchev–Trinajstić information content (AvgIpc) is 3.44. The van der Waals surface area contributed by atoms with Gasteiger partial charge in [0.2, 0.25) is 17.4 Å². The number of hydrogen-bond acceptors (Lipinski definition) is 11. The number of halogens is 1. The summed E-state index contributed by atoms with van der Waals surface area (Å²) in [4.78, 5) is 50.8. The molecule has 0 bridgehead atoms. The summed E-state index contributed by atoms with van der Waals surface area (Å²) in [6.07, 6.45) is -0.581. The monoisotopic (exact) mass is 706 g/mol. The molecule has 3 aromatic rings. The highest BCUT2D eigenvalue weighted by Gasteiger charge is 2.58. The lowest BCUT2D eigenvalue weighted by Gasteiger charge is -2.53. The molecule has 0 aliphatic carbocycles. The Labute approximate surface area is 258 Å². The second kappa shape index (κ2) is 12.7. The van der Waals surface area contributed by atoms with E-state index in [4.69, 9.17) is 15.3 Å². The zero-order valence-electron chi connectivity index (χ0n) is 21.9. The van der Waals surface area contributed by atoms with E-state index in [0.29, 0.717) is 10.2 Å². The third kappa shape index (κ3) is 6.04. The number of nitrogens with zero attached hydrogens (tertiary/aromatic N) is 4. The molecular formula is C27H27IN6O5S2. The van der Waals surface area contributed by atoms with Gasteiger partial charge in [0.25, 0.3) is 5.91 Å². The van der Waals surface area contributed by atoms with Crippen molar-refractivity contribution in [1.82, 2.24) is 19.6 Å². The Hall–Kier alpha value is -3.24. The van der Waals surface area contributed by atoms with E-state index < -0.39 is 23.5 Å². The molecule has 0 radical (unpaired) electrons. The molecular weight excluding hydrogens is 679 g/mol. The number of fused-ring (bicyclic) bond motifs is 1. The molecule has 214 valence electrons. The zero-order valence-corrected chi connectivity index (χ0v) is 25.7. The number of amides is 2. The molecule has 3 N–H and O–H groups in total. The summed E-state index contributed by atoms with van der Waals surface area (Å²) in [5.41, 5.74) is 6.32. The molecule has 2 saturated heterocycles. The third-order valence-corrected chi connectivity index (χ3v) is 10.3. The van der Waals surface area contributed by atoms with Crippen molar-refractivity contribution < 1.29 is 24.0 Å². The van der Waals surface area contributed by atoms with Crippen LogP contribution in [0, 0.1) is 5.41 Å². The van der Waals surface area contributed by atoms with E-state index in [1.54, 1.807) is 11.8 Å². The molecule has 0 saturated carbocycles. The van der Waals surface area contributed by atoms with Gasteiger partial charge in [0.15, 0.2) is 11.2 Å². The maximum atomic E-state index is 13.8. The van der Waals surface area contributed by atoms with E-state index >= 15 is 0 Å². The van der Waals surface area contributed by atoms with E-state index in [-0.39, 0.29) is 47.1 Å². The van der Waals surface area contributed by atoms with Gasteiger partial charge in [-0.2, -0.15) is 9.36 Å². The maximum Gasteiger partial charge on any atom is 0.316 e. The molecule has 2 aliphatic rings. The molecule has 2 amide bonds. The van der Waals surface area contributed by atoms with Crippen LogP contribution in [0.25, 0.3) is 0 Å². The molecule has 41 heavy (non-hydrogen) atoms. The maximum absolute atomic E-state index is 13.8. The van der Waals surface area contributed by atoms with Gasteiger partial charge in [-0.3, -0.25) is 14.4 Å². The second-order valence-corrected chi connectivity index (χ2v) is 12.1. The van der Waals surface area contributed by atoms with Gasteiger partial charge in [-0.1, -0.05) is 88.4 Å². The quantitative estimate of drug-likeness (QED) is 0.0811. The van der Waals surface area contributed by atoms with Gasteiger partial charge >= 0.3 is 5.97 Å². The third-order valence-electron chi connectivity index (χ3n) is 6.70. The average molecular weight is 707 g/mol. The molecule has 2 unspecified atom stereocenters. The number of anilines is 1. The second-order valence-electron chi connectivity index (χ2n) is 9.45. The number of nitrogen functional groups attached to an aromatic ring is 1. The van der Waals surface area contributed by atoms with E-state index in [9.17, 15) is 14.4 Å². The first-order chi connectivity index (χ1) is 19.9. The van der Waals surface area contributed by atoms with Crippen molar-refractivity contribution in [3.8, 4) is 0 Å². The fourth-order valence-electron chi connectivity index (χ4n) is 4.56. The molecule has 5 rings (SSSR count). The van der Waals surface area contributed by atoms with Gasteiger partial charge in [0.1, 0.15) is 23.4 Å². The fourth-order valence-corrected chi connectivity index (χ4v) is 7.72. The lowest BCUT2D eigenvalue weighted by Crippen LogP contribution is -2.74. The Morgan fingerprint density at radius 2 is 1.85 bits per heavy atom. The van der Waals surface area contributed by atoms with Crippen molar-refractivity contribution in [2.45, 2.75) is 24.4 Å². The number of β-lactam (4-membered cyclic amide) rings is 1. The van der Waals surface area contributed by atoms with E-state index in [1.165, 1.54) is 11.8 Å². The van der Waals surface area contributed by atoms with Crippen LogP contribution in [0.4, 0.5) is 5.13 Å². The Morgan fingerprint density at radius 3 is 2.41 bits per heavy atom. The highest BCUT2D eigenvalue weighted by atomic mass is 127. The van der Waals surface area contributed by atoms with Crippen molar-refractivity contribution in [2.75, 3.05) is 29.1 Å². The number of aromatic nitrogens is 2. The molecule has 2 fully saturated rings. The van der Waals surface area contributed by atoms with Crippen molar-refractivity contribution in [3.63, 3.8) is 0 Å². The molecule has 1 aromatic heterocycles. The van der Waals surface area contributed by atoms with E-state index in [0.717, 1.165) is 22.7 Å². The van der Waals surface area contributed by atoms with Crippen LogP contribution in [0.5, 0.6) is 0 Å². The number of nitrogens with two attached hydrogens (primary N) is 1. The summed E-state index contributed by atoms with van der Waals surface area (Å²) in [6, 6.07) is 18.4. The molecule has 2 aliphatic heterocycles. The van der Waals surface area contributed by atoms with Crippen molar-refractivity contribution in [3.05, 3.63) is 77.6 Å². The number of oxime groups is 1. The number of rotatable bonds is 10. The number of carbonyl (C=O) groups is 3. The molecule has 14 heteroatoms. The van der Waals surface area contributed by atoms with Crippen molar-refractivity contribution in [1.29, 1.82) is 0 Å². The summed E-state index contributed by atoms with van der Waals surface area (Å²) in [5.74, 6) is -0.850. The number of esters is 1. The van der Waals surface area contributed by atoms with Crippen molar-refractivity contribution in [2.24, 2.45) is 10.6 Å². The van der Waals surface area contributed by atoms with Crippen LogP contribution in [0.1, 0.15) is 30.0 Å². The molecule has 0 spiro atoms. The standard InChI is InChI=1S/C27H27IN6O5S2/c1-2-38-32-18(21-31-26(29)41-33-21)22(35)30-19-23(36)34-14-27(13-28,15-40-24(19)34)25(37)39-20(16-9-5-3-6-10-16)17-11-7-4-8-12-17/h3-12,19-20,24H,2,13-15H2,1H3,(H,30,35)(H2,29,31,33)/t19?,24-,27?/m1/s1. The number of thioether (sulfide) groups is 1. The summed E-state index contributed by atoms with van der Waals surface area (Å²) in [6.45, 7) is 2.15. The fraction of sp³-hybridized carbons (Fsp3) is 0.333. The molecule has 3 heterocycles. The number of nitrogens with one attached hydrogen (secondary N) is 1. The highest BCUT2D eigenvalue weighted by molar-refractivity contribution is 14.1. The zero-order chi connectivity index (χ0) is 29.0. The lowest BCUT2D eigenvalue weighted by molar-refractivity contribution is -0.163. The number of ether oxygens (including phenoxy) is 1. The number of hydrogen-bond donors (Lipinski definition) is 2. The smallest absolute Gasteiger partial charge is 0.316 e. The van der Waals surface area contributed by atoms with Gasteiger partial charge in [-0.25, -0.2) is 0 Å². The van der Waals surface area contributed by atoms with Gasteiger partial charge < -0.3 is 25.5 Å². The van der Waals surface area contributed by atoms with Crippen LogP contribution in [0.2, 0.25) is 0 Å². The van der Waals surface area contributed by atoms with Crippen LogP contribution < -0.4 is 11.1 Å². The summed E-state index contributed by atoms with van der Waals surface area (Å²) >= 11 is 4.54. The predicted octanol–water partition coefficient (Wildman–Crippen LogP) is 3.01. The first-order valence-corrected chi connectivity index (χ1v) is 16.1. The number of alkyl halides is 1. The predicted molar refractivity (Wildman–Crippen MR) is 165 cm³/mol. The Morgan fingerprint density at radius 1 is 1.20 bits per heavy atom. The van der Waals surface area contributed by atoms with Crippen LogP contribution >= 0.6 is 45.9 Å². The minimum absolute atomic E-state index is 0.0245. The Kier molecular flexibility index (Phi) is 9.09. The van der Waals surface area contributed by atoms with Crippen LogP contribution in [0.3, 0.4) is 0 Å². The summed E-state index contributed by atoms with van der Waals surface area (Å²) in [5, 5.41) is 6.41. The van der Waals surface area contributed by atoms with Gasteiger partial charge in [0.05, 0.1) is 0 Å². The molecule has 11 nitrogen and oxygen atoms in total. The van der Waals surface area contributed by atoms with Crippen LogP contribution in [0.15, 0.2) is 65.8 Å². The molecule has 2 aromatic carbocycles. The van der Waals surface area contributed by atoms with E-state index in [2.05, 4.69) is 42.4 Å². The summed E-state index contributed by atoms with van der Waals surface area (Å²) < 4.78 is 10.7. The highest BCUT2D eigenvalue weighted by Crippen LogP contribution is 2.44. The topological polar surface area (TPSA) is 149 Å². The minimum atomic E-state index is -0.905. The van der Waals surface area contributed by atoms with Crippen LogP contribution in [-0.2, 0) is 24.0 Å². The van der Waals surface area contributed by atoms with Gasteiger partial charge in [-0.05, 0) is 18.1 Å². The summed E-state index contributed by atoms with van der Waals surface area (Å²) in [7, 11) is 0. The lowest BCUT2D eigenvalue weighted by atomic mass is 9.89. The Balaban J connectivity index is 1.29. The van der Waals surface area contributed by atoms with Gasteiger partial charge in [-0.15, -0.1) is 11.8 Å². The first kappa shape index (κ1) is 29.3. The van der Waals surface area contributed by atoms with Crippen LogP contribution in [-0.4, -0.2) is 72.5 Å². The molecule has 3 atom stereocenters. The SMILES string of the molecule is CCON=C(C(=O)NC1C(=O)N2CC(CI)(C(=O)OC(c3ccccc3)c3ccccc3)CS[C@H]12)c1nsc(N)n1. The van der Waals surface area contributed by atoms with Crippen molar-refractivity contribution >= 4 is 74.5 Å². The number of benzene rings is 2. The Bertz CT molecular complexity index is 1400. The minimum Gasteiger partial charge on any atom is -0.452 e. The normalized spacial score (nSPS) is 22.1.